The third-order valence-corrected chi connectivity index (χ3v) is 2.41. The molecular formula is C13H16O4. The highest BCUT2D eigenvalue weighted by molar-refractivity contribution is 5.92. The minimum Gasteiger partial charge on any atom is -0.504 e. The van der Waals surface area contributed by atoms with Crippen molar-refractivity contribution in [2.24, 2.45) is 0 Å². The molecule has 4 heteroatoms. The van der Waals surface area contributed by atoms with Gasteiger partial charge in [-0.25, -0.2) is 4.79 Å². The van der Waals surface area contributed by atoms with Crippen LogP contribution in [0, 0.1) is 0 Å². The monoisotopic (exact) mass is 236 g/mol. The number of benzene rings is 1. The van der Waals surface area contributed by atoms with Gasteiger partial charge in [-0.05, 0) is 36.6 Å². The van der Waals surface area contributed by atoms with Crippen LogP contribution in [-0.4, -0.2) is 21.3 Å². The molecule has 0 atom stereocenters. The fourth-order valence-corrected chi connectivity index (χ4v) is 1.44. The molecule has 92 valence electrons. The molecule has 0 aliphatic heterocycles. The summed E-state index contributed by atoms with van der Waals surface area (Å²) < 4.78 is 0. The number of aliphatic carboxylic acids is 1. The highest BCUT2D eigenvalue weighted by Crippen LogP contribution is 2.26. The number of aromatic hydroxyl groups is 2. The van der Waals surface area contributed by atoms with Crippen LogP contribution in [-0.2, 0) is 4.79 Å². The maximum atomic E-state index is 11.0. The van der Waals surface area contributed by atoms with Crippen LogP contribution in [0.3, 0.4) is 0 Å². The minimum atomic E-state index is -0.953. The van der Waals surface area contributed by atoms with E-state index in [1.54, 1.807) is 6.07 Å². The van der Waals surface area contributed by atoms with E-state index >= 15 is 0 Å². The molecule has 0 saturated carbocycles. The van der Waals surface area contributed by atoms with Crippen LogP contribution >= 0.6 is 0 Å². The van der Waals surface area contributed by atoms with Crippen molar-refractivity contribution in [3.05, 3.63) is 29.3 Å². The molecule has 0 radical (unpaired) electrons. The van der Waals surface area contributed by atoms with Gasteiger partial charge < -0.3 is 15.3 Å². The molecule has 0 aromatic heterocycles. The van der Waals surface area contributed by atoms with Crippen molar-refractivity contribution in [2.75, 3.05) is 0 Å². The second-order valence-electron chi connectivity index (χ2n) is 3.83. The third-order valence-electron chi connectivity index (χ3n) is 2.41. The molecule has 0 fully saturated rings. The maximum Gasteiger partial charge on any atom is 0.331 e. The number of unbranched alkanes of at least 4 members (excludes halogenated alkanes) is 1. The number of carboxylic acids is 1. The van der Waals surface area contributed by atoms with E-state index in [9.17, 15) is 9.90 Å². The zero-order chi connectivity index (χ0) is 12.8. The maximum absolute atomic E-state index is 11.0. The molecule has 1 aromatic rings. The normalized spacial score (nSPS) is 11.5. The average molecular weight is 236 g/mol. The summed E-state index contributed by atoms with van der Waals surface area (Å²) in [4.78, 5) is 11.0. The van der Waals surface area contributed by atoms with E-state index in [4.69, 9.17) is 10.2 Å². The molecule has 0 spiro atoms. The fraction of sp³-hybridized carbons (Fsp3) is 0.308. The van der Waals surface area contributed by atoms with E-state index in [2.05, 4.69) is 0 Å². The molecule has 3 N–H and O–H groups in total. The van der Waals surface area contributed by atoms with E-state index in [1.165, 1.54) is 18.2 Å². The van der Waals surface area contributed by atoms with Gasteiger partial charge in [0.05, 0.1) is 0 Å². The molecule has 1 aromatic carbocycles. The van der Waals surface area contributed by atoms with Crippen molar-refractivity contribution in [2.45, 2.75) is 26.2 Å². The summed E-state index contributed by atoms with van der Waals surface area (Å²) in [5.41, 5.74) is 0.866. The highest BCUT2D eigenvalue weighted by atomic mass is 16.4. The lowest BCUT2D eigenvalue weighted by Gasteiger charge is -2.03. The highest BCUT2D eigenvalue weighted by Gasteiger charge is 2.07. The Kier molecular flexibility index (Phi) is 4.57. The average Bonchev–Trinajstić information content (AvgIpc) is 2.28. The second kappa shape index (κ2) is 5.94. The number of carboxylic acid groups (broad SMARTS) is 1. The number of phenolic OH excluding ortho intramolecular Hbond substituents is 2. The van der Waals surface area contributed by atoms with Gasteiger partial charge in [0.1, 0.15) is 0 Å². The number of hydrogen-bond donors (Lipinski definition) is 3. The van der Waals surface area contributed by atoms with Crippen LogP contribution in [0.1, 0.15) is 31.7 Å². The predicted octanol–water partition coefficient (Wildman–Crippen LogP) is 2.76. The fourth-order valence-electron chi connectivity index (χ4n) is 1.44. The lowest BCUT2D eigenvalue weighted by Crippen LogP contribution is -2.00. The molecule has 0 saturated heterocycles. The Morgan fingerprint density at radius 1 is 1.29 bits per heavy atom. The molecule has 0 unspecified atom stereocenters. The zero-order valence-electron chi connectivity index (χ0n) is 9.68. The van der Waals surface area contributed by atoms with Crippen molar-refractivity contribution < 1.29 is 20.1 Å². The van der Waals surface area contributed by atoms with E-state index in [0.717, 1.165) is 12.8 Å². The quantitative estimate of drug-likeness (QED) is 0.542. The summed E-state index contributed by atoms with van der Waals surface area (Å²) in [5, 5.41) is 27.4. The van der Waals surface area contributed by atoms with Gasteiger partial charge >= 0.3 is 5.97 Å². The Labute approximate surface area is 99.8 Å². The summed E-state index contributed by atoms with van der Waals surface area (Å²) in [6.45, 7) is 1.99. The lowest BCUT2D eigenvalue weighted by atomic mass is 10.1. The van der Waals surface area contributed by atoms with Gasteiger partial charge in [-0.3, -0.25) is 0 Å². The van der Waals surface area contributed by atoms with Crippen molar-refractivity contribution in [3.63, 3.8) is 0 Å². The van der Waals surface area contributed by atoms with Crippen LogP contribution in [0.5, 0.6) is 11.5 Å². The molecule has 0 aliphatic carbocycles. The zero-order valence-corrected chi connectivity index (χ0v) is 9.68. The van der Waals surface area contributed by atoms with Crippen molar-refractivity contribution >= 4 is 12.0 Å². The minimum absolute atomic E-state index is 0.215. The first kappa shape index (κ1) is 13.1. The number of hydrogen-bond acceptors (Lipinski definition) is 3. The predicted molar refractivity (Wildman–Crippen MR) is 64.9 cm³/mol. The second-order valence-corrected chi connectivity index (χ2v) is 3.83. The van der Waals surface area contributed by atoms with Gasteiger partial charge in [0.15, 0.2) is 11.5 Å². The Bertz CT molecular complexity index is 435. The molecule has 4 nitrogen and oxygen atoms in total. The van der Waals surface area contributed by atoms with E-state index in [-0.39, 0.29) is 11.5 Å². The van der Waals surface area contributed by atoms with E-state index in [1.807, 2.05) is 6.92 Å². The van der Waals surface area contributed by atoms with Crippen molar-refractivity contribution in [3.8, 4) is 11.5 Å². The number of rotatable bonds is 5. The first-order valence-corrected chi connectivity index (χ1v) is 5.50. The van der Waals surface area contributed by atoms with Gasteiger partial charge in [0, 0.05) is 5.57 Å². The molecule has 0 amide bonds. The van der Waals surface area contributed by atoms with Crippen LogP contribution in [0.15, 0.2) is 23.8 Å². The van der Waals surface area contributed by atoms with Crippen LogP contribution in [0.4, 0.5) is 0 Å². The van der Waals surface area contributed by atoms with Gasteiger partial charge in [0.25, 0.3) is 0 Å². The molecule has 1 rings (SSSR count). The third kappa shape index (κ3) is 3.83. The molecule has 0 bridgehead atoms. The smallest absolute Gasteiger partial charge is 0.331 e. The Balaban J connectivity index is 2.95. The largest absolute Gasteiger partial charge is 0.504 e. The Morgan fingerprint density at radius 2 is 2.00 bits per heavy atom. The SMILES string of the molecule is CCCCC(=Cc1ccc(O)c(O)c1)C(=O)O. The van der Waals surface area contributed by atoms with Crippen molar-refractivity contribution in [1.29, 1.82) is 0 Å². The van der Waals surface area contributed by atoms with Crippen LogP contribution in [0.2, 0.25) is 0 Å². The van der Waals surface area contributed by atoms with Gasteiger partial charge in [-0.1, -0.05) is 19.4 Å². The summed E-state index contributed by atoms with van der Waals surface area (Å²) in [6, 6.07) is 4.23. The van der Waals surface area contributed by atoms with Gasteiger partial charge in [-0.15, -0.1) is 0 Å². The van der Waals surface area contributed by atoms with E-state index < -0.39 is 5.97 Å². The van der Waals surface area contributed by atoms with Gasteiger partial charge in [0.2, 0.25) is 0 Å². The number of carbonyl (C=O) groups is 1. The van der Waals surface area contributed by atoms with Crippen LogP contribution < -0.4 is 0 Å². The van der Waals surface area contributed by atoms with E-state index in [0.29, 0.717) is 17.6 Å². The summed E-state index contributed by atoms with van der Waals surface area (Å²) in [6.07, 6.45) is 3.73. The first-order chi connectivity index (χ1) is 8.04. The summed E-state index contributed by atoms with van der Waals surface area (Å²) in [7, 11) is 0. The molecule has 0 heterocycles. The summed E-state index contributed by atoms with van der Waals surface area (Å²) >= 11 is 0. The van der Waals surface area contributed by atoms with Gasteiger partial charge in [-0.2, -0.15) is 0 Å². The standard InChI is InChI=1S/C13H16O4/c1-2-3-4-10(13(16)17)7-9-5-6-11(14)12(15)8-9/h5-8,14-15H,2-4H2,1H3,(H,16,17). The molecular weight excluding hydrogens is 220 g/mol. The first-order valence-electron chi connectivity index (χ1n) is 5.50. The summed E-state index contributed by atoms with van der Waals surface area (Å²) in [5.74, 6) is -1.42. The molecule has 0 aliphatic rings. The number of phenols is 2. The molecule has 17 heavy (non-hydrogen) atoms. The Hall–Kier alpha value is -1.97. The topological polar surface area (TPSA) is 77.8 Å². The lowest BCUT2D eigenvalue weighted by molar-refractivity contribution is -0.132. The van der Waals surface area contributed by atoms with Crippen LogP contribution in [0.25, 0.3) is 6.08 Å². The van der Waals surface area contributed by atoms with Crippen molar-refractivity contribution in [1.82, 2.24) is 0 Å². The Morgan fingerprint density at radius 3 is 2.53 bits per heavy atom.